The van der Waals surface area contributed by atoms with E-state index < -0.39 is 23.2 Å². The number of aromatic nitrogens is 1. The highest BCUT2D eigenvalue weighted by Crippen LogP contribution is 2.34. The fraction of sp³-hybridized carbons (Fsp3) is 0.455. The molecule has 1 aliphatic rings. The number of carbonyl (C=O) groups is 2. The number of hydrogen-bond donors (Lipinski definition) is 1. The van der Waals surface area contributed by atoms with E-state index in [4.69, 9.17) is 0 Å². The maximum absolute atomic E-state index is 14.7. The number of rotatable bonds is 4. The van der Waals surface area contributed by atoms with E-state index in [9.17, 15) is 18.4 Å². The average Bonchev–Trinajstić information content (AvgIpc) is 3.13. The van der Waals surface area contributed by atoms with E-state index in [2.05, 4.69) is 5.32 Å². The van der Waals surface area contributed by atoms with Gasteiger partial charge >= 0.3 is 6.03 Å². The van der Waals surface area contributed by atoms with Crippen LogP contribution in [0, 0.1) is 11.6 Å². The second-order valence-electron chi connectivity index (χ2n) is 8.37. The minimum absolute atomic E-state index is 0.143. The van der Waals surface area contributed by atoms with E-state index in [-0.39, 0.29) is 24.0 Å². The lowest BCUT2D eigenvalue weighted by molar-refractivity contribution is -0.135. The quantitative estimate of drug-likeness (QED) is 0.826. The molecule has 0 saturated carbocycles. The van der Waals surface area contributed by atoms with Crippen molar-refractivity contribution in [2.75, 3.05) is 19.6 Å². The summed E-state index contributed by atoms with van der Waals surface area (Å²) in [6.45, 7) is 8.59. The monoisotopic (exact) mass is 418 g/mol. The highest BCUT2D eigenvalue weighted by Gasteiger charge is 2.36. The van der Waals surface area contributed by atoms with Crippen molar-refractivity contribution in [3.05, 3.63) is 59.4 Å². The highest BCUT2D eigenvalue weighted by molar-refractivity contribution is 5.85. The number of carbonyl (C=O) groups excluding carboxylic acids is 2. The van der Waals surface area contributed by atoms with Gasteiger partial charge in [0.15, 0.2) is 0 Å². The van der Waals surface area contributed by atoms with E-state index in [1.165, 1.54) is 17.0 Å². The van der Waals surface area contributed by atoms with Crippen LogP contribution in [0.25, 0.3) is 0 Å². The number of amides is 3. The molecule has 30 heavy (non-hydrogen) atoms. The minimum Gasteiger partial charge on any atom is -0.348 e. The Labute approximate surface area is 175 Å². The topological polar surface area (TPSA) is 57.6 Å². The Hall–Kier alpha value is -2.90. The summed E-state index contributed by atoms with van der Waals surface area (Å²) in [6, 6.07) is 6.05. The molecule has 1 N–H and O–H groups in total. The number of urea groups is 1. The van der Waals surface area contributed by atoms with Gasteiger partial charge in [-0.05, 0) is 45.9 Å². The molecule has 0 spiro atoms. The van der Waals surface area contributed by atoms with Crippen molar-refractivity contribution in [1.29, 1.82) is 0 Å². The maximum atomic E-state index is 14.7. The van der Waals surface area contributed by atoms with Crippen molar-refractivity contribution in [3.63, 3.8) is 0 Å². The molecule has 3 amide bonds. The van der Waals surface area contributed by atoms with Crippen molar-refractivity contribution in [2.45, 2.75) is 45.8 Å². The van der Waals surface area contributed by atoms with Gasteiger partial charge in [0.05, 0.1) is 0 Å². The standard InChI is InChI=1S/C22H28F2N4O2/c1-5-25-21(30)28(22(2,3)4)14-19(29)27-12-11-26-10-6-7-18(26)20(27)16-9-8-15(23)13-17(16)24/h6-10,13,20H,5,11-12,14H2,1-4H3,(H,25,30). The van der Waals surface area contributed by atoms with Crippen LogP contribution in [0.2, 0.25) is 0 Å². The second kappa shape index (κ2) is 8.45. The second-order valence-corrected chi connectivity index (χ2v) is 8.37. The third-order valence-electron chi connectivity index (χ3n) is 5.29. The smallest absolute Gasteiger partial charge is 0.318 e. The molecule has 2 aromatic rings. The van der Waals surface area contributed by atoms with Crippen molar-refractivity contribution in [1.82, 2.24) is 19.7 Å². The molecule has 0 fully saturated rings. The van der Waals surface area contributed by atoms with Crippen molar-refractivity contribution in [3.8, 4) is 0 Å². The number of halogens is 2. The van der Waals surface area contributed by atoms with E-state index in [1.54, 1.807) is 4.90 Å². The minimum atomic E-state index is -0.705. The van der Waals surface area contributed by atoms with Crippen molar-refractivity contribution < 1.29 is 18.4 Å². The van der Waals surface area contributed by atoms with Gasteiger partial charge in [-0.25, -0.2) is 13.6 Å². The molecule has 1 atom stereocenters. The summed E-state index contributed by atoms with van der Waals surface area (Å²) < 4.78 is 30.1. The molecule has 3 rings (SSSR count). The Kier molecular flexibility index (Phi) is 6.14. The first-order chi connectivity index (χ1) is 14.1. The summed E-state index contributed by atoms with van der Waals surface area (Å²) in [4.78, 5) is 29.0. The zero-order chi connectivity index (χ0) is 22.1. The molecule has 0 saturated heterocycles. The van der Waals surface area contributed by atoms with Crippen LogP contribution in [0.15, 0.2) is 36.5 Å². The van der Waals surface area contributed by atoms with Crippen LogP contribution < -0.4 is 5.32 Å². The number of fused-ring (bicyclic) bond motifs is 1. The van der Waals surface area contributed by atoms with Gasteiger partial charge in [0.25, 0.3) is 0 Å². The summed E-state index contributed by atoms with van der Waals surface area (Å²) >= 11 is 0. The lowest BCUT2D eigenvalue weighted by atomic mass is 9.98. The van der Waals surface area contributed by atoms with E-state index in [1.807, 2.05) is 50.6 Å². The maximum Gasteiger partial charge on any atom is 0.318 e. The molecule has 1 aromatic carbocycles. The molecule has 1 unspecified atom stereocenters. The first-order valence-electron chi connectivity index (χ1n) is 10.1. The lowest BCUT2D eigenvalue weighted by Gasteiger charge is -2.41. The Morgan fingerprint density at radius 1 is 1.20 bits per heavy atom. The van der Waals surface area contributed by atoms with Crippen LogP contribution in [0.4, 0.5) is 13.6 Å². The predicted octanol–water partition coefficient (Wildman–Crippen LogP) is 3.53. The summed E-state index contributed by atoms with van der Waals surface area (Å²) in [5, 5.41) is 2.74. The van der Waals surface area contributed by atoms with Crippen molar-refractivity contribution >= 4 is 11.9 Å². The average molecular weight is 418 g/mol. The van der Waals surface area contributed by atoms with Gasteiger partial charge in [0.1, 0.15) is 24.2 Å². The molecule has 0 bridgehead atoms. The fourth-order valence-electron chi connectivity index (χ4n) is 3.79. The first kappa shape index (κ1) is 21.8. The van der Waals surface area contributed by atoms with Gasteiger partial charge < -0.3 is 19.7 Å². The SMILES string of the molecule is CCNC(=O)N(CC(=O)N1CCn2cccc2C1c1ccc(F)cc1F)C(C)(C)C. The molecule has 8 heteroatoms. The molecule has 0 radical (unpaired) electrons. The molecule has 6 nitrogen and oxygen atoms in total. The molecular formula is C22H28F2N4O2. The molecule has 1 aromatic heterocycles. The Morgan fingerprint density at radius 2 is 1.93 bits per heavy atom. The van der Waals surface area contributed by atoms with E-state index >= 15 is 0 Å². The number of benzene rings is 1. The number of nitrogens with one attached hydrogen (secondary N) is 1. The third-order valence-corrected chi connectivity index (χ3v) is 5.29. The molecule has 0 aliphatic carbocycles. The Bertz CT molecular complexity index is 935. The normalized spacial score (nSPS) is 16.2. The molecule has 2 heterocycles. The van der Waals surface area contributed by atoms with Gasteiger partial charge in [-0.1, -0.05) is 6.07 Å². The van der Waals surface area contributed by atoms with Crippen LogP contribution in [0.5, 0.6) is 0 Å². The molecule has 162 valence electrons. The third kappa shape index (κ3) is 4.32. The van der Waals surface area contributed by atoms with Crippen LogP contribution in [0.1, 0.15) is 45.0 Å². The van der Waals surface area contributed by atoms with Crippen molar-refractivity contribution in [2.24, 2.45) is 0 Å². The summed E-state index contributed by atoms with van der Waals surface area (Å²) in [5.41, 5.74) is 0.395. The highest BCUT2D eigenvalue weighted by atomic mass is 19.1. The van der Waals surface area contributed by atoms with Gasteiger partial charge in [-0.15, -0.1) is 0 Å². The largest absolute Gasteiger partial charge is 0.348 e. The zero-order valence-electron chi connectivity index (χ0n) is 17.8. The summed E-state index contributed by atoms with van der Waals surface area (Å²) in [5.74, 6) is -1.67. The Morgan fingerprint density at radius 3 is 2.57 bits per heavy atom. The molecular weight excluding hydrogens is 390 g/mol. The van der Waals surface area contributed by atoms with Crippen LogP contribution >= 0.6 is 0 Å². The van der Waals surface area contributed by atoms with Crippen LogP contribution in [-0.2, 0) is 11.3 Å². The fourth-order valence-corrected chi connectivity index (χ4v) is 3.79. The number of hydrogen-bond acceptors (Lipinski definition) is 2. The predicted molar refractivity (Wildman–Crippen MR) is 110 cm³/mol. The van der Waals surface area contributed by atoms with E-state index in [0.29, 0.717) is 19.6 Å². The molecule has 1 aliphatic heterocycles. The Balaban J connectivity index is 1.96. The van der Waals surface area contributed by atoms with Gasteiger partial charge in [-0.3, -0.25) is 4.79 Å². The first-order valence-corrected chi connectivity index (χ1v) is 10.1. The zero-order valence-corrected chi connectivity index (χ0v) is 17.8. The van der Waals surface area contributed by atoms with Gasteiger partial charge in [-0.2, -0.15) is 0 Å². The summed E-state index contributed by atoms with van der Waals surface area (Å²) in [6.07, 6.45) is 1.88. The number of nitrogens with zero attached hydrogens (tertiary/aromatic N) is 3. The van der Waals surface area contributed by atoms with Crippen LogP contribution in [-0.4, -0.2) is 51.5 Å². The van der Waals surface area contributed by atoms with Gasteiger partial charge in [0.2, 0.25) is 5.91 Å². The van der Waals surface area contributed by atoms with E-state index in [0.717, 1.165) is 11.8 Å². The van der Waals surface area contributed by atoms with Gasteiger partial charge in [0, 0.05) is 48.7 Å². The van der Waals surface area contributed by atoms with Crippen LogP contribution in [0.3, 0.4) is 0 Å². The lowest BCUT2D eigenvalue weighted by Crippen LogP contribution is -2.55. The summed E-state index contributed by atoms with van der Waals surface area (Å²) in [7, 11) is 0.